The van der Waals surface area contributed by atoms with Gasteiger partial charge in [0.2, 0.25) is 0 Å². The molecule has 22 heavy (non-hydrogen) atoms. The van der Waals surface area contributed by atoms with Crippen LogP contribution < -0.4 is 9.47 Å². The third-order valence-corrected chi connectivity index (χ3v) is 3.02. The molecule has 0 spiro atoms. The standard InChI is InChI=1S/C16H13F2NO3/c1-21-16-6-10(8-19)2-5-15(16)22-9-14(20)11-3-4-12(17)13(18)7-11/h2-7,14,20H,9H2,1H3. The van der Waals surface area contributed by atoms with Gasteiger partial charge in [0.25, 0.3) is 0 Å². The van der Waals surface area contributed by atoms with Crippen molar-refractivity contribution in [3.05, 3.63) is 59.2 Å². The van der Waals surface area contributed by atoms with Gasteiger partial charge in [-0.15, -0.1) is 0 Å². The van der Waals surface area contributed by atoms with Crippen LogP contribution >= 0.6 is 0 Å². The van der Waals surface area contributed by atoms with Crippen molar-refractivity contribution in [1.29, 1.82) is 5.26 Å². The lowest BCUT2D eigenvalue weighted by Crippen LogP contribution is -2.10. The predicted octanol–water partition coefficient (Wildman–Crippen LogP) is 2.96. The van der Waals surface area contributed by atoms with Crippen LogP contribution in [0, 0.1) is 23.0 Å². The molecule has 0 fully saturated rings. The highest BCUT2D eigenvalue weighted by Crippen LogP contribution is 2.29. The van der Waals surface area contributed by atoms with Gasteiger partial charge in [-0.3, -0.25) is 0 Å². The SMILES string of the molecule is COc1cc(C#N)ccc1OCC(O)c1ccc(F)c(F)c1. The molecule has 0 heterocycles. The van der Waals surface area contributed by atoms with E-state index in [2.05, 4.69) is 0 Å². The first-order chi connectivity index (χ1) is 10.5. The molecule has 2 aromatic rings. The Balaban J connectivity index is 2.09. The number of hydrogen-bond acceptors (Lipinski definition) is 4. The normalized spacial score (nSPS) is 11.6. The molecule has 0 saturated heterocycles. The number of aliphatic hydroxyl groups is 1. The molecule has 6 heteroatoms. The van der Waals surface area contributed by atoms with E-state index in [1.807, 2.05) is 6.07 Å². The smallest absolute Gasteiger partial charge is 0.162 e. The molecule has 0 amide bonds. The molecule has 0 saturated carbocycles. The van der Waals surface area contributed by atoms with E-state index in [4.69, 9.17) is 14.7 Å². The fourth-order valence-electron chi connectivity index (χ4n) is 1.84. The Morgan fingerprint density at radius 1 is 1.14 bits per heavy atom. The van der Waals surface area contributed by atoms with Gasteiger partial charge in [0, 0.05) is 6.07 Å². The van der Waals surface area contributed by atoms with E-state index in [9.17, 15) is 13.9 Å². The van der Waals surface area contributed by atoms with Crippen LogP contribution in [0.5, 0.6) is 11.5 Å². The van der Waals surface area contributed by atoms with Gasteiger partial charge in [-0.2, -0.15) is 5.26 Å². The maximum atomic E-state index is 13.1. The predicted molar refractivity (Wildman–Crippen MR) is 74.5 cm³/mol. The molecule has 1 unspecified atom stereocenters. The number of benzene rings is 2. The Labute approximate surface area is 126 Å². The molecule has 1 atom stereocenters. The van der Waals surface area contributed by atoms with E-state index in [0.717, 1.165) is 12.1 Å². The number of rotatable bonds is 5. The van der Waals surface area contributed by atoms with Crippen LogP contribution in [0.2, 0.25) is 0 Å². The fraction of sp³-hybridized carbons (Fsp3) is 0.188. The first kappa shape index (κ1) is 15.7. The van der Waals surface area contributed by atoms with Gasteiger partial charge >= 0.3 is 0 Å². The van der Waals surface area contributed by atoms with Crippen molar-refractivity contribution >= 4 is 0 Å². The van der Waals surface area contributed by atoms with E-state index in [-0.39, 0.29) is 12.2 Å². The largest absolute Gasteiger partial charge is 0.493 e. The van der Waals surface area contributed by atoms with E-state index in [1.165, 1.54) is 25.3 Å². The minimum atomic E-state index is -1.13. The van der Waals surface area contributed by atoms with E-state index in [1.54, 1.807) is 6.07 Å². The lowest BCUT2D eigenvalue weighted by atomic mass is 10.1. The number of halogens is 2. The summed E-state index contributed by atoms with van der Waals surface area (Å²) in [5.41, 5.74) is 0.608. The summed E-state index contributed by atoms with van der Waals surface area (Å²) in [6.07, 6.45) is -1.13. The van der Waals surface area contributed by atoms with Crippen LogP contribution in [0.25, 0.3) is 0 Å². The summed E-state index contributed by atoms with van der Waals surface area (Å²) in [6, 6.07) is 9.69. The lowest BCUT2D eigenvalue weighted by Gasteiger charge is -2.15. The summed E-state index contributed by atoms with van der Waals surface area (Å²) < 4.78 is 36.5. The first-order valence-electron chi connectivity index (χ1n) is 6.39. The van der Waals surface area contributed by atoms with Crippen LogP contribution in [-0.2, 0) is 0 Å². The van der Waals surface area contributed by atoms with Crippen LogP contribution in [0.4, 0.5) is 8.78 Å². The second-order valence-corrected chi connectivity index (χ2v) is 4.48. The van der Waals surface area contributed by atoms with Crippen LogP contribution in [0.3, 0.4) is 0 Å². The number of hydrogen-bond donors (Lipinski definition) is 1. The highest BCUT2D eigenvalue weighted by atomic mass is 19.2. The summed E-state index contributed by atoms with van der Waals surface area (Å²) in [5, 5.41) is 18.8. The molecule has 0 aliphatic carbocycles. The van der Waals surface area contributed by atoms with Gasteiger partial charge in [0.1, 0.15) is 12.7 Å². The quantitative estimate of drug-likeness (QED) is 0.922. The van der Waals surface area contributed by atoms with Gasteiger partial charge in [-0.25, -0.2) is 8.78 Å². The number of nitrogens with zero attached hydrogens (tertiary/aromatic N) is 1. The Bertz CT molecular complexity index is 713. The average Bonchev–Trinajstić information content (AvgIpc) is 2.54. The molecular weight excluding hydrogens is 292 g/mol. The van der Waals surface area contributed by atoms with Crippen molar-refractivity contribution in [3.63, 3.8) is 0 Å². The number of methoxy groups -OCH3 is 1. The molecule has 2 aromatic carbocycles. The Morgan fingerprint density at radius 3 is 2.55 bits per heavy atom. The molecule has 0 aliphatic heterocycles. The third kappa shape index (κ3) is 3.51. The van der Waals surface area contributed by atoms with Crippen LogP contribution in [-0.4, -0.2) is 18.8 Å². The highest BCUT2D eigenvalue weighted by Gasteiger charge is 2.13. The zero-order valence-corrected chi connectivity index (χ0v) is 11.7. The van der Waals surface area contributed by atoms with Gasteiger partial charge < -0.3 is 14.6 Å². The molecule has 114 valence electrons. The van der Waals surface area contributed by atoms with Crippen molar-refractivity contribution in [2.24, 2.45) is 0 Å². The van der Waals surface area contributed by atoms with E-state index >= 15 is 0 Å². The van der Waals surface area contributed by atoms with Gasteiger partial charge in [0.05, 0.1) is 18.7 Å². The Hall–Kier alpha value is -2.65. The van der Waals surface area contributed by atoms with Crippen molar-refractivity contribution in [2.75, 3.05) is 13.7 Å². The number of aliphatic hydroxyl groups excluding tert-OH is 1. The minimum Gasteiger partial charge on any atom is -0.493 e. The molecule has 0 radical (unpaired) electrons. The molecule has 2 rings (SSSR count). The average molecular weight is 305 g/mol. The zero-order chi connectivity index (χ0) is 16.1. The molecule has 4 nitrogen and oxygen atoms in total. The maximum Gasteiger partial charge on any atom is 0.162 e. The molecule has 0 aromatic heterocycles. The second kappa shape index (κ2) is 6.87. The fourth-order valence-corrected chi connectivity index (χ4v) is 1.84. The Morgan fingerprint density at radius 2 is 1.91 bits per heavy atom. The first-order valence-corrected chi connectivity index (χ1v) is 6.39. The van der Waals surface area contributed by atoms with Crippen LogP contribution in [0.1, 0.15) is 17.2 Å². The second-order valence-electron chi connectivity index (χ2n) is 4.48. The zero-order valence-electron chi connectivity index (χ0n) is 11.7. The van der Waals surface area contributed by atoms with Crippen molar-refractivity contribution in [2.45, 2.75) is 6.10 Å². The molecule has 0 aliphatic rings. The molecular formula is C16H13F2NO3. The lowest BCUT2D eigenvalue weighted by molar-refractivity contribution is 0.106. The van der Waals surface area contributed by atoms with E-state index in [0.29, 0.717) is 17.1 Å². The topological polar surface area (TPSA) is 62.5 Å². The molecule has 0 bridgehead atoms. The maximum absolute atomic E-state index is 13.1. The van der Waals surface area contributed by atoms with E-state index < -0.39 is 17.7 Å². The summed E-state index contributed by atoms with van der Waals surface area (Å²) in [7, 11) is 1.43. The molecule has 1 N–H and O–H groups in total. The number of nitriles is 1. The van der Waals surface area contributed by atoms with Gasteiger partial charge in [0.15, 0.2) is 23.1 Å². The Kier molecular flexibility index (Phi) is 4.92. The van der Waals surface area contributed by atoms with Crippen molar-refractivity contribution in [3.8, 4) is 17.6 Å². The summed E-state index contributed by atoms with van der Waals surface area (Å²) in [4.78, 5) is 0. The third-order valence-electron chi connectivity index (χ3n) is 3.02. The van der Waals surface area contributed by atoms with Gasteiger partial charge in [-0.1, -0.05) is 6.07 Å². The monoisotopic (exact) mass is 305 g/mol. The summed E-state index contributed by atoms with van der Waals surface area (Å²) in [5.74, 6) is -1.34. The summed E-state index contributed by atoms with van der Waals surface area (Å²) in [6.45, 7) is -0.173. The summed E-state index contributed by atoms with van der Waals surface area (Å²) >= 11 is 0. The number of ether oxygens (including phenoxy) is 2. The van der Waals surface area contributed by atoms with Gasteiger partial charge in [-0.05, 0) is 29.8 Å². The highest BCUT2D eigenvalue weighted by molar-refractivity contribution is 5.46. The van der Waals surface area contributed by atoms with Crippen molar-refractivity contribution < 1.29 is 23.4 Å². The minimum absolute atomic E-state index is 0.173. The van der Waals surface area contributed by atoms with Crippen LogP contribution in [0.15, 0.2) is 36.4 Å². The van der Waals surface area contributed by atoms with Crippen molar-refractivity contribution in [1.82, 2.24) is 0 Å².